The van der Waals surface area contributed by atoms with E-state index in [-0.39, 0.29) is 0 Å². The van der Waals surface area contributed by atoms with Crippen molar-refractivity contribution in [2.75, 3.05) is 0 Å². The van der Waals surface area contributed by atoms with Crippen LogP contribution in [0.1, 0.15) is 36.9 Å². The minimum absolute atomic E-state index is 1.18. The van der Waals surface area contributed by atoms with Crippen molar-refractivity contribution in [3.05, 3.63) is 21.9 Å². The van der Waals surface area contributed by atoms with Crippen LogP contribution in [-0.4, -0.2) is 0 Å². The second kappa shape index (κ2) is 6.41. The molecule has 0 spiro atoms. The molecule has 0 fully saturated rings. The molecule has 0 bridgehead atoms. The third-order valence-corrected chi connectivity index (χ3v) is 2.29. The van der Waals surface area contributed by atoms with Gasteiger partial charge in [0.25, 0.3) is 0 Å². The standard InChI is InChI=1S/C7H10S.C3H8/c1-3-7-5-4-6(2)8-7;1-3-2/h4-5H,3H2,1-2H3;3H2,1-2H3. The minimum atomic E-state index is 1.18. The molecule has 0 radical (unpaired) electrons. The first-order valence-corrected chi connectivity index (χ1v) is 5.11. The first kappa shape index (κ1) is 10.7. The molecular formula is C10H18S. The summed E-state index contributed by atoms with van der Waals surface area (Å²) >= 11 is 1.89. The predicted octanol–water partition coefficient (Wildman–Crippen LogP) is 4.04. The van der Waals surface area contributed by atoms with Gasteiger partial charge < -0.3 is 0 Å². The fourth-order valence-corrected chi connectivity index (χ4v) is 1.51. The molecule has 1 rings (SSSR count). The molecule has 0 aliphatic heterocycles. The summed E-state index contributed by atoms with van der Waals surface area (Å²) in [7, 11) is 0. The molecule has 1 aromatic heterocycles. The van der Waals surface area contributed by atoms with Crippen molar-refractivity contribution < 1.29 is 0 Å². The van der Waals surface area contributed by atoms with Crippen molar-refractivity contribution in [1.82, 2.24) is 0 Å². The third-order valence-electron chi connectivity index (χ3n) is 1.14. The Morgan fingerprint density at radius 3 is 1.91 bits per heavy atom. The number of rotatable bonds is 1. The summed E-state index contributed by atoms with van der Waals surface area (Å²) in [5.41, 5.74) is 0. The van der Waals surface area contributed by atoms with Crippen molar-refractivity contribution in [2.24, 2.45) is 0 Å². The maximum Gasteiger partial charge on any atom is 0.00453 e. The lowest BCUT2D eigenvalue weighted by atomic mass is 10.4. The van der Waals surface area contributed by atoms with Gasteiger partial charge in [-0.25, -0.2) is 0 Å². The molecule has 11 heavy (non-hydrogen) atoms. The highest BCUT2D eigenvalue weighted by Gasteiger charge is 1.89. The summed E-state index contributed by atoms with van der Waals surface area (Å²) in [5.74, 6) is 0. The van der Waals surface area contributed by atoms with Crippen LogP contribution < -0.4 is 0 Å². The van der Waals surface area contributed by atoms with Crippen LogP contribution in [0.2, 0.25) is 0 Å². The lowest BCUT2D eigenvalue weighted by Crippen LogP contribution is -1.63. The van der Waals surface area contributed by atoms with E-state index in [1.807, 2.05) is 11.3 Å². The van der Waals surface area contributed by atoms with Gasteiger partial charge in [-0.1, -0.05) is 27.2 Å². The summed E-state index contributed by atoms with van der Waals surface area (Å²) in [6.45, 7) is 8.58. The van der Waals surface area contributed by atoms with Crippen LogP contribution in [-0.2, 0) is 6.42 Å². The van der Waals surface area contributed by atoms with Crippen LogP contribution in [0, 0.1) is 6.92 Å². The molecule has 1 heterocycles. The summed E-state index contributed by atoms with van der Waals surface area (Å²) in [5, 5.41) is 0. The molecule has 0 aliphatic rings. The molecule has 64 valence electrons. The molecule has 0 saturated carbocycles. The van der Waals surface area contributed by atoms with Crippen LogP contribution >= 0.6 is 11.3 Å². The number of thiophene rings is 1. The van der Waals surface area contributed by atoms with E-state index >= 15 is 0 Å². The van der Waals surface area contributed by atoms with Crippen LogP contribution in [0.25, 0.3) is 0 Å². The van der Waals surface area contributed by atoms with Crippen molar-refractivity contribution in [3.63, 3.8) is 0 Å². The van der Waals surface area contributed by atoms with Crippen molar-refractivity contribution in [1.29, 1.82) is 0 Å². The first-order valence-electron chi connectivity index (χ1n) is 4.29. The third kappa shape index (κ3) is 5.02. The van der Waals surface area contributed by atoms with Gasteiger partial charge in [0.15, 0.2) is 0 Å². The summed E-state index contributed by atoms with van der Waals surface area (Å²) in [6, 6.07) is 4.36. The Hall–Kier alpha value is -0.300. The van der Waals surface area contributed by atoms with E-state index in [2.05, 4.69) is 39.8 Å². The molecule has 0 unspecified atom stereocenters. The van der Waals surface area contributed by atoms with Gasteiger partial charge in [0.1, 0.15) is 0 Å². The van der Waals surface area contributed by atoms with E-state index in [4.69, 9.17) is 0 Å². The fraction of sp³-hybridized carbons (Fsp3) is 0.600. The zero-order chi connectivity index (χ0) is 8.69. The monoisotopic (exact) mass is 170 g/mol. The van der Waals surface area contributed by atoms with Crippen LogP contribution in [0.3, 0.4) is 0 Å². The van der Waals surface area contributed by atoms with Gasteiger partial charge in [0.2, 0.25) is 0 Å². The lowest BCUT2D eigenvalue weighted by Gasteiger charge is -1.80. The molecule has 0 N–H and O–H groups in total. The highest BCUT2D eigenvalue weighted by molar-refractivity contribution is 7.11. The molecule has 0 saturated heterocycles. The van der Waals surface area contributed by atoms with Gasteiger partial charge in [0, 0.05) is 9.75 Å². The Morgan fingerprint density at radius 2 is 1.73 bits per heavy atom. The number of hydrogen-bond donors (Lipinski definition) is 0. The average Bonchev–Trinajstić information content (AvgIpc) is 2.37. The van der Waals surface area contributed by atoms with E-state index in [0.29, 0.717) is 0 Å². The molecule has 1 aromatic rings. The maximum atomic E-state index is 2.19. The van der Waals surface area contributed by atoms with Crippen LogP contribution in [0.15, 0.2) is 12.1 Å². The summed E-state index contributed by atoms with van der Waals surface area (Å²) < 4.78 is 0. The van der Waals surface area contributed by atoms with Crippen LogP contribution in [0.4, 0.5) is 0 Å². The Balaban J connectivity index is 0.000000292. The predicted molar refractivity (Wildman–Crippen MR) is 54.4 cm³/mol. The molecule has 0 atom stereocenters. The first-order chi connectivity index (χ1) is 5.24. The van der Waals surface area contributed by atoms with E-state index in [1.54, 1.807) is 0 Å². The van der Waals surface area contributed by atoms with Gasteiger partial charge in [-0.3, -0.25) is 0 Å². The van der Waals surface area contributed by atoms with E-state index in [9.17, 15) is 0 Å². The van der Waals surface area contributed by atoms with Gasteiger partial charge in [0.05, 0.1) is 0 Å². The molecular weight excluding hydrogens is 152 g/mol. The van der Waals surface area contributed by atoms with Gasteiger partial charge in [-0.2, -0.15) is 0 Å². The topological polar surface area (TPSA) is 0 Å². The molecule has 0 aliphatic carbocycles. The zero-order valence-electron chi connectivity index (χ0n) is 7.98. The van der Waals surface area contributed by atoms with Gasteiger partial charge in [-0.15, -0.1) is 11.3 Å². The van der Waals surface area contributed by atoms with Gasteiger partial charge >= 0.3 is 0 Å². The van der Waals surface area contributed by atoms with Crippen molar-refractivity contribution >= 4 is 11.3 Å². The second-order valence-electron chi connectivity index (χ2n) is 2.57. The Bertz CT molecular complexity index is 177. The molecule has 0 nitrogen and oxygen atoms in total. The van der Waals surface area contributed by atoms with E-state index < -0.39 is 0 Å². The average molecular weight is 170 g/mol. The Kier molecular flexibility index (Phi) is 6.24. The minimum Gasteiger partial charge on any atom is -0.146 e. The number of hydrogen-bond acceptors (Lipinski definition) is 1. The molecule has 1 heteroatoms. The number of aryl methyl sites for hydroxylation is 2. The van der Waals surface area contributed by atoms with E-state index in [1.165, 1.54) is 22.6 Å². The maximum absolute atomic E-state index is 2.19. The van der Waals surface area contributed by atoms with E-state index in [0.717, 1.165) is 0 Å². The highest BCUT2D eigenvalue weighted by atomic mass is 32.1. The normalized spacial score (nSPS) is 8.73. The Morgan fingerprint density at radius 1 is 1.18 bits per heavy atom. The Labute approximate surface area is 74.3 Å². The fourth-order valence-electron chi connectivity index (χ4n) is 0.675. The van der Waals surface area contributed by atoms with Crippen molar-refractivity contribution in [2.45, 2.75) is 40.5 Å². The zero-order valence-corrected chi connectivity index (χ0v) is 8.79. The molecule has 0 aromatic carbocycles. The van der Waals surface area contributed by atoms with Gasteiger partial charge in [-0.05, 0) is 25.5 Å². The summed E-state index contributed by atoms with van der Waals surface area (Å²) in [6.07, 6.45) is 2.43. The quantitative estimate of drug-likeness (QED) is 0.597. The second-order valence-corrected chi connectivity index (χ2v) is 3.95. The largest absolute Gasteiger partial charge is 0.146 e. The smallest absolute Gasteiger partial charge is 0.00453 e. The van der Waals surface area contributed by atoms with Crippen molar-refractivity contribution in [3.8, 4) is 0 Å². The lowest BCUT2D eigenvalue weighted by molar-refractivity contribution is 1.09. The highest BCUT2D eigenvalue weighted by Crippen LogP contribution is 2.14. The van der Waals surface area contributed by atoms with Crippen LogP contribution in [0.5, 0.6) is 0 Å². The SMILES string of the molecule is CCC.CCc1ccc(C)s1. The molecule has 0 amide bonds. The summed E-state index contributed by atoms with van der Waals surface area (Å²) in [4.78, 5) is 2.91.